The molecule has 2 aromatic carbocycles. The maximum absolute atomic E-state index is 11.9. The molecule has 0 aromatic heterocycles. The Hall–Kier alpha value is -1.93. The molecule has 6 nitrogen and oxygen atoms in total. The summed E-state index contributed by atoms with van der Waals surface area (Å²) in [5.74, 6) is 0. The van der Waals surface area contributed by atoms with Gasteiger partial charge in [-0.15, -0.1) is 0 Å². The van der Waals surface area contributed by atoms with Crippen LogP contribution >= 0.6 is 0 Å². The molecule has 1 saturated heterocycles. The van der Waals surface area contributed by atoms with E-state index in [2.05, 4.69) is 11.0 Å². The quantitative estimate of drug-likeness (QED) is 0.761. The Morgan fingerprint density at radius 3 is 2.50 bits per heavy atom. The van der Waals surface area contributed by atoms with Gasteiger partial charge >= 0.3 is 0 Å². The fourth-order valence-corrected chi connectivity index (χ4v) is 5.58. The van der Waals surface area contributed by atoms with E-state index in [0.717, 1.165) is 27.9 Å². The standard InChI is InChI=1S/C23H30N2O4S/c1-17-4-3-5-20(14-17)23(27)9-12-24(13-10-23)16-22(26)19-6-7-21-18(15-19)8-11-25(21)30(2,28)29/h3-7,14-15,22,26-27H,8-13,16H2,1-2H3. The Morgan fingerprint density at radius 2 is 1.83 bits per heavy atom. The molecule has 162 valence electrons. The Kier molecular flexibility index (Phi) is 5.66. The third kappa shape index (κ3) is 4.25. The van der Waals surface area contributed by atoms with Crippen molar-refractivity contribution in [3.8, 4) is 0 Å². The number of anilines is 1. The van der Waals surface area contributed by atoms with Crippen molar-refractivity contribution in [1.29, 1.82) is 0 Å². The van der Waals surface area contributed by atoms with E-state index in [0.29, 0.717) is 45.4 Å². The fourth-order valence-electron chi connectivity index (χ4n) is 4.62. The zero-order valence-electron chi connectivity index (χ0n) is 17.6. The molecule has 1 atom stereocenters. The van der Waals surface area contributed by atoms with Crippen LogP contribution < -0.4 is 4.31 Å². The van der Waals surface area contributed by atoms with Crippen LogP contribution in [0.2, 0.25) is 0 Å². The third-order valence-corrected chi connectivity index (χ3v) is 7.59. The number of hydrogen-bond donors (Lipinski definition) is 2. The molecule has 1 unspecified atom stereocenters. The first-order valence-corrected chi connectivity index (χ1v) is 12.3. The van der Waals surface area contributed by atoms with E-state index in [1.807, 2.05) is 37.3 Å². The molecule has 0 saturated carbocycles. The van der Waals surface area contributed by atoms with E-state index >= 15 is 0 Å². The van der Waals surface area contributed by atoms with E-state index in [1.165, 1.54) is 10.6 Å². The predicted octanol–water partition coefficient (Wildman–Crippen LogP) is 2.33. The molecule has 30 heavy (non-hydrogen) atoms. The zero-order valence-corrected chi connectivity index (χ0v) is 18.4. The van der Waals surface area contributed by atoms with E-state index in [1.54, 1.807) is 6.07 Å². The normalized spacial score (nSPS) is 20.2. The number of benzene rings is 2. The summed E-state index contributed by atoms with van der Waals surface area (Å²) in [5, 5.41) is 21.9. The molecule has 2 aliphatic rings. The van der Waals surface area contributed by atoms with E-state index < -0.39 is 21.7 Å². The maximum Gasteiger partial charge on any atom is 0.232 e. The highest BCUT2D eigenvalue weighted by Gasteiger charge is 2.34. The molecular formula is C23H30N2O4S. The van der Waals surface area contributed by atoms with Crippen LogP contribution in [-0.4, -0.2) is 56.0 Å². The number of aryl methyl sites for hydroxylation is 1. The molecule has 7 heteroatoms. The number of β-amino-alcohol motifs (C(OH)–C–C–N with tert-alkyl or cyclic N) is 1. The molecular weight excluding hydrogens is 400 g/mol. The number of hydrogen-bond acceptors (Lipinski definition) is 5. The molecule has 0 amide bonds. The van der Waals surface area contributed by atoms with Crippen LogP contribution in [0.4, 0.5) is 5.69 Å². The number of aliphatic hydroxyl groups excluding tert-OH is 1. The second kappa shape index (κ2) is 7.96. The Balaban J connectivity index is 1.39. The minimum atomic E-state index is -3.27. The minimum Gasteiger partial charge on any atom is -0.387 e. The molecule has 0 bridgehead atoms. The lowest BCUT2D eigenvalue weighted by Crippen LogP contribution is -2.44. The summed E-state index contributed by atoms with van der Waals surface area (Å²) in [6.07, 6.45) is 2.51. The van der Waals surface area contributed by atoms with Gasteiger partial charge in [0.2, 0.25) is 10.0 Å². The average molecular weight is 431 g/mol. The summed E-state index contributed by atoms with van der Waals surface area (Å²) >= 11 is 0. The van der Waals surface area contributed by atoms with Gasteiger partial charge in [0.25, 0.3) is 0 Å². The first-order chi connectivity index (χ1) is 14.2. The van der Waals surface area contributed by atoms with Crippen molar-refractivity contribution < 1.29 is 18.6 Å². The summed E-state index contributed by atoms with van der Waals surface area (Å²) in [6, 6.07) is 13.6. The molecule has 0 radical (unpaired) electrons. The summed E-state index contributed by atoms with van der Waals surface area (Å²) in [4.78, 5) is 2.19. The van der Waals surface area contributed by atoms with Crippen molar-refractivity contribution in [2.45, 2.75) is 37.9 Å². The van der Waals surface area contributed by atoms with Crippen LogP contribution in [0.25, 0.3) is 0 Å². The van der Waals surface area contributed by atoms with Crippen LogP contribution in [0.1, 0.15) is 41.2 Å². The number of aliphatic hydroxyl groups is 2. The number of nitrogens with zero attached hydrogens (tertiary/aromatic N) is 2. The number of fused-ring (bicyclic) bond motifs is 1. The van der Waals surface area contributed by atoms with Gasteiger partial charge in [-0.25, -0.2) is 8.42 Å². The van der Waals surface area contributed by atoms with Crippen molar-refractivity contribution in [2.24, 2.45) is 0 Å². The van der Waals surface area contributed by atoms with E-state index in [-0.39, 0.29) is 0 Å². The van der Waals surface area contributed by atoms with Crippen LogP contribution in [0.15, 0.2) is 42.5 Å². The van der Waals surface area contributed by atoms with E-state index in [9.17, 15) is 18.6 Å². The predicted molar refractivity (Wildman–Crippen MR) is 118 cm³/mol. The minimum absolute atomic E-state index is 0.456. The second-order valence-electron chi connectivity index (χ2n) is 8.69. The van der Waals surface area contributed by atoms with Gasteiger partial charge in [-0.2, -0.15) is 0 Å². The van der Waals surface area contributed by atoms with Gasteiger partial charge < -0.3 is 15.1 Å². The van der Waals surface area contributed by atoms with Crippen molar-refractivity contribution in [2.75, 3.05) is 36.7 Å². The zero-order chi connectivity index (χ0) is 21.5. The summed E-state index contributed by atoms with van der Waals surface area (Å²) < 4.78 is 25.2. The lowest BCUT2D eigenvalue weighted by atomic mass is 9.84. The lowest BCUT2D eigenvalue weighted by Gasteiger charge is -2.39. The van der Waals surface area contributed by atoms with Crippen LogP contribution in [-0.2, 0) is 22.0 Å². The summed E-state index contributed by atoms with van der Waals surface area (Å²) in [7, 11) is -3.27. The van der Waals surface area contributed by atoms with Gasteiger partial charge in [-0.05, 0) is 48.9 Å². The van der Waals surface area contributed by atoms with Crippen molar-refractivity contribution in [3.63, 3.8) is 0 Å². The van der Waals surface area contributed by atoms with Gasteiger partial charge in [0.1, 0.15) is 0 Å². The largest absolute Gasteiger partial charge is 0.387 e. The Morgan fingerprint density at radius 1 is 1.10 bits per heavy atom. The molecule has 4 rings (SSSR count). The van der Waals surface area contributed by atoms with Gasteiger partial charge in [0, 0.05) is 26.2 Å². The molecule has 2 aliphatic heterocycles. The lowest BCUT2D eigenvalue weighted by molar-refractivity contribution is -0.0345. The first kappa shape index (κ1) is 21.3. The van der Waals surface area contributed by atoms with E-state index in [4.69, 9.17) is 0 Å². The van der Waals surface area contributed by atoms with Crippen molar-refractivity contribution >= 4 is 15.7 Å². The molecule has 2 aromatic rings. The molecule has 2 heterocycles. The highest BCUT2D eigenvalue weighted by Crippen LogP contribution is 2.35. The van der Waals surface area contributed by atoms with Gasteiger partial charge in [0.15, 0.2) is 0 Å². The number of likely N-dealkylation sites (tertiary alicyclic amines) is 1. The monoisotopic (exact) mass is 430 g/mol. The van der Waals surface area contributed by atoms with Gasteiger partial charge in [-0.3, -0.25) is 4.31 Å². The van der Waals surface area contributed by atoms with Gasteiger partial charge in [0.05, 0.1) is 23.6 Å². The first-order valence-electron chi connectivity index (χ1n) is 10.5. The fraction of sp³-hybridized carbons (Fsp3) is 0.478. The highest BCUT2D eigenvalue weighted by molar-refractivity contribution is 7.92. The highest BCUT2D eigenvalue weighted by atomic mass is 32.2. The van der Waals surface area contributed by atoms with Crippen LogP contribution in [0.3, 0.4) is 0 Å². The number of sulfonamides is 1. The van der Waals surface area contributed by atoms with Crippen LogP contribution in [0.5, 0.6) is 0 Å². The molecule has 0 spiro atoms. The summed E-state index contributed by atoms with van der Waals surface area (Å²) in [6.45, 7) is 4.42. The Bertz CT molecular complexity index is 1030. The van der Waals surface area contributed by atoms with Crippen molar-refractivity contribution in [1.82, 2.24) is 4.90 Å². The van der Waals surface area contributed by atoms with Crippen molar-refractivity contribution in [3.05, 3.63) is 64.7 Å². The Labute approximate surface area is 178 Å². The SMILES string of the molecule is Cc1cccc(C2(O)CCN(CC(O)c3ccc4c(c3)CCN4S(C)(=O)=O)CC2)c1. The average Bonchev–Trinajstić information content (AvgIpc) is 3.13. The topological polar surface area (TPSA) is 81.1 Å². The van der Waals surface area contributed by atoms with Crippen LogP contribution in [0, 0.1) is 6.92 Å². The molecule has 0 aliphatic carbocycles. The third-order valence-electron chi connectivity index (χ3n) is 6.41. The second-order valence-corrected chi connectivity index (χ2v) is 10.6. The molecule has 2 N–H and O–H groups in total. The molecule has 1 fully saturated rings. The number of piperidine rings is 1. The maximum atomic E-state index is 11.9. The summed E-state index contributed by atoms with van der Waals surface area (Å²) in [5.41, 5.74) is 3.79. The van der Waals surface area contributed by atoms with Gasteiger partial charge in [-0.1, -0.05) is 42.0 Å². The number of rotatable bonds is 5. The smallest absolute Gasteiger partial charge is 0.232 e.